The highest BCUT2D eigenvalue weighted by atomic mass is 19.1. The Hall–Kier alpha value is -2.51. The van der Waals surface area contributed by atoms with Crippen LogP contribution < -0.4 is 5.32 Å². The molecule has 2 rings (SSSR count). The number of hydrogen-bond acceptors (Lipinski definition) is 3. The topological polar surface area (TPSA) is 86.7 Å². The van der Waals surface area contributed by atoms with Gasteiger partial charge in [0.05, 0.1) is 5.92 Å². The van der Waals surface area contributed by atoms with Crippen molar-refractivity contribution in [1.29, 1.82) is 0 Å². The van der Waals surface area contributed by atoms with Gasteiger partial charge in [-0.05, 0) is 30.4 Å². The lowest BCUT2D eigenvalue weighted by Crippen LogP contribution is -2.55. The van der Waals surface area contributed by atoms with Crippen LogP contribution >= 0.6 is 0 Å². The Morgan fingerprint density at radius 1 is 1.22 bits per heavy atom. The van der Waals surface area contributed by atoms with Crippen LogP contribution in [0.4, 0.5) is 8.78 Å². The lowest BCUT2D eigenvalue weighted by Gasteiger charge is -2.37. The van der Waals surface area contributed by atoms with Crippen molar-refractivity contribution in [1.82, 2.24) is 10.2 Å². The molecule has 1 saturated heterocycles. The van der Waals surface area contributed by atoms with Gasteiger partial charge in [-0.3, -0.25) is 14.4 Å². The molecule has 2 N–H and O–H groups in total. The number of nitrogens with zero attached hydrogens (tertiary/aromatic N) is 1. The summed E-state index contributed by atoms with van der Waals surface area (Å²) in [7, 11) is 0. The molecule has 3 unspecified atom stereocenters. The summed E-state index contributed by atoms with van der Waals surface area (Å²) in [5.41, 5.74) is -0.728. The van der Waals surface area contributed by atoms with Crippen molar-refractivity contribution < 1.29 is 28.3 Å². The Kier molecular flexibility index (Phi) is 6.51. The van der Waals surface area contributed by atoms with Crippen molar-refractivity contribution in [3.63, 3.8) is 0 Å². The second-order valence-corrected chi connectivity index (χ2v) is 7.29. The standard InChI is InChI=1S/C19H24F2N2O4/c1-10(2)16(22-17(24)15-13(20)5-4-6-14(15)21)18(25)23-8-7-12(19(26)27)11(3)9-23/h4-6,10-12,16H,7-9H2,1-3H3,(H,22,24)(H,26,27). The van der Waals surface area contributed by atoms with Crippen LogP contribution in [-0.2, 0) is 9.59 Å². The Labute approximate surface area is 156 Å². The number of nitrogens with one attached hydrogen (secondary N) is 1. The summed E-state index contributed by atoms with van der Waals surface area (Å²) in [5, 5.41) is 11.6. The predicted molar refractivity (Wildman–Crippen MR) is 93.9 cm³/mol. The molecular formula is C19H24F2N2O4. The SMILES string of the molecule is CC(C)C(NC(=O)c1c(F)cccc1F)C(=O)N1CCC(C(=O)O)C(C)C1. The van der Waals surface area contributed by atoms with Gasteiger partial charge in [0, 0.05) is 13.1 Å². The second kappa shape index (κ2) is 8.45. The number of carbonyl (C=O) groups excluding carboxylic acids is 2. The van der Waals surface area contributed by atoms with Gasteiger partial charge in [0.15, 0.2) is 0 Å². The molecule has 6 nitrogen and oxygen atoms in total. The number of carboxylic acids is 1. The van der Waals surface area contributed by atoms with E-state index in [4.69, 9.17) is 0 Å². The number of rotatable bonds is 5. The van der Waals surface area contributed by atoms with Crippen molar-refractivity contribution in [2.24, 2.45) is 17.8 Å². The molecule has 1 aromatic rings. The average Bonchev–Trinajstić information content (AvgIpc) is 2.58. The molecule has 1 fully saturated rings. The molecule has 27 heavy (non-hydrogen) atoms. The number of halogens is 2. The van der Waals surface area contributed by atoms with Crippen molar-refractivity contribution in [2.45, 2.75) is 33.2 Å². The molecule has 1 aliphatic rings. The van der Waals surface area contributed by atoms with Gasteiger partial charge < -0.3 is 15.3 Å². The minimum Gasteiger partial charge on any atom is -0.481 e. The number of likely N-dealkylation sites (tertiary alicyclic amines) is 1. The third-order valence-corrected chi connectivity index (χ3v) is 4.94. The first-order valence-corrected chi connectivity index (χ1v) is 8.90. The van der Waals surface area contributed by atoms with E-state index in [9.17, 15) is 28.3 Å². The number of carboxylic acid groups (broad SMARTS) is 1. The first-order chi connectivity index (χ1) is 12.6. The van der Waals surface area contributed by atoms with Crippen LogP contribution in [0.5, 0.6) is 0 Å². The van der Waals surface area contributed by atoms with E-state index in [2.05, 4.69) is 5.32 Å². The molecule has 0 spiro atoms. The zero-order chi connectivity index (χ0) is 20.3. The van der Waals surface area contributed by atoms with Crippen molar-refractivity contribution in [2.75, 3.05) is 13.1 Å². The Morgan fingerprint density at radius 2 is 1.81 bits per heavy atom. The molecule has 0 radical (unpaired) electrons. The lowest BCUT2D eigenvalue weighted by atomic mass is 9.86. The quantitative estimate of drug-likeness (QED) is 0.818. The Morgan fingerprint density at radius 3 is 2.30 bits per heavy atom. The van der Waals surface area contributed by atoms with Gasteiger partial charge in [0.1, 0.15) is 23.2 Å². The van der Waals surface area contributed by atoms with Gasteiger partial charge in [-0.1, -0.05) is 26.8 Å². The van der Waals surface area contributed by atoms with Crippen LogP contribution in [0.1, 0.15) is 37.6 Å². The fraction of sp³-hybridized carbons (Fsp3) is 0.526. The number of piperidine rings is 1. The molecule has 2 amide bonds. The van der Waals surface area contributed by atoms with E-state index >= 15 is 0 Å². The van der Waals surface area contributed by atoms with Gasteiger partial charge in [-0.25, -0.2) is 8.78 Å². The third-order valence-electron chi connectivity index (χ3n) is 4.94. The van der Waals surface area contributed by atoms with E-state index in [-0.39, 0.29) is 30.8 Å². The number of aliphatic carboxylic acids is 1. The summed E-state index contributed by atoms with van der Waals surface area (Å²) >= 11 is 0. The summed E-state index contributed by atoms with van der Waals surface area (Å²) in [4.78, 5) is 38.0. The van der Waals surface area contributed by atoms with E-state index in [1.165, 1.54) is 4.90 Å². The normalized spacial score (nSPS) is 21.0. The molecule has 1 aromatic carbocycles. The smallest absolute Gasteiger partial charge is 0.306 e. The van der Waals surface area contributed by atoms with Gasteiger partial charge in [-0.15, -0.1) is 0 Å². The number of hydrogen-bond donors (Lipinski definition) is 2. The summed E-state index contributed by atoms with van der Waals surface area (Å²) in [5.74, 6) is -5.34. The molecule has 8 heteroatoms. The van der Waals surface area contributed by atoms with Crippen LogP contribution in [0.3, 0.4) is 0 Å². The number of benzene rings is 1. The van der Waals surface area contributed by atoms with Crippen LogP contribution in [-0.4, -0.2) is 46.9 Å². The van der Waals surface area contributed by atoms with E-state index < -0.39 is 41.0 Å². The molecule has 0 aromatic heterocycles. The van der Waals surface area contributed by atoms with Gasteiger partial charge in [-0.2, -0.15) is 0 Å². The van der Waals surface area contributed by atoms with E-state index in [1.807, 2.05) is 0 Å². The fourth-order valence-electron chi connectivity index (χ4n) is 3.35. The molecule has 3 atom stereocenters. The maximum absolute atomic E-state index is 13.8. The predicted octanol–water partition coefficient (Wildman–Crippen LogP) is 2.29. The summed E-state index contributed by atoms with van der Waals surface area (Å²) < 4.78 is 27.7. The molecule has 0 aliphatic carbocycles. The van der Waals surface area contributed by atoms with Gasteiger partial charge in [0.25, 0.3) is 5.91 Å². The zero-order valence-corrected chi connectivity index (χ0v) is 15.5. The summed E-state index contributed by atoms with van der Waals surface area (Å²) in [6.07, 6.45) is 0.322. The molecule has 1 heterocycles. The third kappa shape index (κ3) is 4.61. The Bertz CT molecular complexity index is 718. The largest absolute Gasteiger partial charge is 0.481 e. The highest BCUT2D eigenvalue weighted by Crippen LogP contribution is 2.25. The summed E-state index contributed by atoms with van der Waals surface area (Å²) in [6, 6.07) is 2.14. The Balaban J connectivity index is 2.14. The van der Waals surface area contributed by atoms with Crippen molar-refractivity contribution in [3.05, 3.63) is 35.4 Å². The highest BCUT2D eigenvalue weighted by molar-refractivity contribution is 5.98. The molecule has 148 valence electrons. The van der Waals surface area contributed by atoms with Gasteiger partial charge in [0.2, 0.25) is 5.91 Å². The van der Waals surface area contributed by atoms with Crippen molar-refractivity contribution in [3.8, 4) is 0 Å². The zero-order valence-electron chi connectivity index (χ0n) is 15.5. The maximum atomic E-state index is 13.8. The maximum Gasteiger partial charge on any atom is 0.306 e. The highest BCUT2D eigenvalue weighted by Gasteiger charge is 2.37. The number of amides is 2. The minimum atomic E-state index is -1.00. The lowest BCUT2D eigenvalue weighted by molar-refractivity contribution is -0.149. The monoisotopic (exact) mass is 382 g/mol. The second-order valence-electron chi connectivity index (χ2n) is 7.29. The van der Waals surface area contributed by atoms with E-state index in [0.717, 1.165) is 18.2 Å². The molecule has 0 bridgehead atoms. The fourth-order valence-corrected chi connectivity index (χ4v) is 3.35. The molecule has 1 aliphatic heterocycles. The van der Waals surface area contributed by atoms with Gasteiger partial charge >= 0.3 is 5.97 Å². The van der Waals surface area contributed by atoms with Crippen LogP contribution in [0.15, 0.2) is 18.2 Å². The number of carbonyl (C=O) groups is 3. The van der Waals surface area contributed by atoms with E-state index in [1.54, 1.807) is 20.8 Å². The first kappa shape index (κ1) is 20.8. The van der Waals surface area contributed by atoms with Crippen molar-refractivity contribution >= 4 is 17.8 Å². The average molecular weight is 382 g/mol. The van der Waals surface area contributed by atoms with Crippen LogP contribution in [0.25, 0.3) is 0 Å². The first-order valence-electron chi connectivity index (χ1n) is 8.90. The molecular weight excluding hydrogens is 358 g/mol. The van der Waals surface area contributed by atoms with Crippen LogP contribution in [0.2, 0.25) is 0 Å². The van der Waals surface area contributed by atoms with Crippen LogP contribution in [0, 0.1) is 29.4 Å². The molecule has 0 saturated carbocycles. The van der Waals surface area contributed by atoms with E-state index in [0.29, 0.717) is 6.42 Å². The summed E-state index contributed by atoms with van der Waals surface area (Å²) in [6.45, 7) is 5.70. The minimum absolute atomic E-state index is 0.229.